The molecule has 1 unspecified atom stereocenters. The van der Waals surface area contributed by atoms with Crippen LogP contribution < -0.4 is 5.32 Å². The van der Waals surface area contributed by atoms with Crippen LogP contribution in [0.25, 0.3) is 0 Å². The molecule has 0 aliphatic rings. The van der Waals surface area contributed by atoms with E-state index < -0.39 is 0 Å². The first kappa shape index (κ1) is 10.9. The van der Waals surface area contributed by atoms with Crippen molar-refractivity contribution in [1.29, 1.82) is 0 Å². The summed E-state index contributed by atoms with van der Waals surface area (Å²) in [7, 11) is 1.76. The summed E-state index contributed by atoms with van der Waals surface area (Å²) in [5, 5.41) is 3.39. The van der Waals surface area contributed by atoms with Crippen LogP contribution in [0.2, 0.25) is 0 Å². The van der Waals surface area contributed by atoms with Gasteiger partial charge < -0.3 is 10.1 Å². The molecule has 0 aromatic heterocycles. The molecule has 0 saturated heterocycles. The van der Waals surface area contributed by atoms with Gasteiger partial charge in [-0.1, -0.05) is 26.7 Å². The Morgan fingerprint density at radius 3 is 2.55 bits per heavy atom. The van der Waals surface area contributed by atoms with Gasteiger partial charge in [-0.25, -0.2) is 0 Å². The minimum Gasteiger partial charge on any atom is -0.383 e. The Hall–Kier alpha value is -0.0800. The van der Waals surface area contributed by atoms with Gasteiger partial charge in [-0.15, -0.1) is 0 Å². The molecule has 0 aromatic carbocycles. The molecule has 11 heavy (non-hydrogen) atoms. The molecule has 2 heteroatoms. The summed E-state index contributed by atoms with van der Waals surface area (Å²) in [6.07, 6.45) is 3.80. The van der Waals surface area contributed by atoms with Crippen molar-refractivity contribution in [2.75, 3.05) is 20.3 Å². The van der Waals surface area contributed by atoms with Crippen molar-refractivity contribution >= 4 is 0 Å². The third-order valence-electron chi connectivity index (χ3n) is 1.77. The van der Waals surface area contributed by atoms with E-state index in [-0.39, 0.29) is 0 Å². The molecule has 0 heterocycles. The SMILES string of the molecule is CCCCC(COC)NCC. The minimum atomic E-state index is 0.560. The highest BCUT2D eigenvalue weighted by Gasteiger charge is 2.04. The molecule has 0 aliphatic carbocycles. The highest BCUT2D eigenvalue weighted by Crippen LogP contribution is 2.00. The van der Waals surface area contributed by atoms with E-state index in [2.05, 4.69) is 19.2 Å². The molecule has 0 rings (SSSR count). The van der Waals surface area contributed by atoms with Crippen LogP contribution in [0.1, 0.15) is 33.1 Å². The first-order chi connectivity index (χ1) is 5.35. The summed E-state index contributed by atoms with van der Waals surface area (Å²) in [5.41, 5.74) is 0. The molecule has 0 aromatic rings. The van der Waals surface area contributed by atoms with Gasteiger partial charge in [0.2, 0.25) is 0 Å². The Balaban J connectivity index is 3.34. The maximum atomic E-state index is 5.09. The van der Waals surface area contributed by atoms with E-state index in [0.717, 1.165) is 13.2 Å². The topological polar surface area (TPSA) is 21.3 Å². The monoisotopic (exact) mass is 159 g/mol. The molecule has 0 amide bonds. The molecule has 0 fully saturated rings. The van der Waals surface area contributed by atoms with Gasteiger partial charge in [-0.3, -0.25) is 0 Å². The van der Waals surface area contributed by atoms with Crippen LogP contribution in [0.5, 0.6) is 0 Å². The molecule has 0 radical (unpaired) electrons. The lowest BCUT2D eigenvalue weighted by molar-refractivity contribution is 0.162. The van der Waals surface area contributed by atoms with Gasteiger partial charge in [0.25, 0.3) is 0 Å². The molecule has 1 atom stereocenters. The predicted octanol–water partition coefficient (Wildman–Crippen LogP) is 1.80. The number of methoxy groups -OCH3 is 1. The maximum absolute atomic E-state index is 5.09. The van der Waals surface area contributed by atoms with Crippen molar-refractivity contribution in [3.8, 4) is 0 Å². The third kappa shape index (κ3) is 6.32. The quantitative estimate of drug-likeness (QED) is 0.611. The van der Waals surface area contributed by atoms with Crippen LogP contribution >= 0.6 is 0 Å². The Morgan fingerprint density at radius 1 is 1.36 bits per heavy atom. The number of rotatable bonds is 7. The zero-order valence-electron chi connectivity index (χ0n) is 8.02. The van der Waals surface area contributed by atoms with Crippen LogP contribution in [0.3, 0.4) is 0 Å². The lowest BCUT2D eigenvalue weighted by Crippen LogP contribution is -2.32. The minimum absolute atomic E-state index is 0.560. The van der Waals surface area contributed by atoms with Crippen LogP contribution in [-0.2, 0) is 4.74 Å². The molecule has 2 nitrogen and oxygen atoms in total. The second kappa shape index (κ2) is 8.02. The molecule has 0 aliphatic heterocycles. The zero-order valence-corrected chi connectivity index (χ0v) is 8.02. The third-order valence-corrected chi connectivity index (χ3v) is 1.77. The average molecular weight is 159 g/mol. The molecular formula is C9H21NO. The molecule has 68 valence electrons. The van der Waals surface area contributed by atoms with E-state index in [1.807, 2.05) is 0 Å². The summed E-state index contributed by atoms with van der Waals surface area (Å²) >= 11 is 0. The van der Waals surface area contributed by atoms with E-state index in [1.165, 1.54) is 19.3 Å². The van der Waals surface area contributed by atoms with E-state index in [9.17, 15) is 0 Å². The standard InChI is InChI=1S/C9H21NO/c1-4-6-7-9(8-11-3)10-5-2/h9-10H,4-8H2,1-3H3. The van der Waals surface area contributed by atoms with Crippen LogP contribution in [0.15, 0.2) is 0 Å². The number of hydrogen-bond donors (Lipinski definition) is 1. The summed E-state index contributed by atoms with van der Waals surface area (Å²) in [6, 6.07) is 0.560. The number of likely N-dealkylation sites (N-methyl/N-ethyl adjacent to an activating group) is 1. The van der Waals surface area contributed by atoms with Gasteiger partial charge in [0, 0.05) is 13.2 Å². The van der Waals surface area contributed by atoms with Gasteiger partial charge >= 0.3 is 0 Å². The zero-order chi connectivity index (χ0) is 8.53. The van der Waals surface area contributed by atoms with Gasteiger partial charge in [0.1, 0.15) is 0 Å². The van der Waals surface area contributed by atoms with Crippen molar-refractivity contribution in [1.82, 2.24) is 5.32 Å². The first-order valence-electron chi connectivity index (χ1n) is 4.57. The molecule has 0 bridgehead atoms. The Morgan fingerprint density at radius 2 is 2.09 bits per heavy atom. The number of nitrogens with one attached hydrogen (secondary N) is 1. The van der Waals surface area contributed by atoms with Crippen molar-refractivity contribution in [3.63, 3.8) is 0 Å². The Labute approximate surface area is 70.3 Å². The summed E-state index contributed by atoms with van der Waals surface area (Å²) < 4.78 is 5.09. The average Bonchev–Trinajstić information content (AvgIpc) is 2.01. The fourth-order valence-electron chi connectivity index (χ4n) is 1.18. The normalized spacial score (nSPS) is 13.4. The molecule has 0 spiro atoms. The maximum Gasteiger partial charge on any atom is 0.0615 e. The fourth-order valence-corrected chi connectivity index (χ4v) is 1.18. The first-order valence-corrected chi connectivity index (χ1v) is 4.57. The van der Waals surface area contributed by atoms with E-state index in [0.29, 0.717) is 6.04 Å². The lowest BCUT2D eigenvalue weighted by Gasteiger charge is -2.15. The van der Waals surface area contributed by atoms with Gasteiger partial charge in [0.15, 0.2) is 0 Å². The van der Waals surface area contributed by atoms with Crippen molar-refractivity contribution < 1.29 is 4.74 Å². The summed E-state index contributed by atoms with van der Waals surface area (Å²) in [6.45, 7) is 6.23. The van der Waals surface area contributed by atoms with E-state index in [1.54, 1.807) is 7.11 Å². The second-order valence-corrected chi connectivity index (χ2v) is 2.85. The smallest absolute Gasteiger partial charge is 0.0615 e. The second-order valence-electron chi connectivity index (χ2n) is 2.85. The predicted molar refractivity (Wildman–Crippen MR) is 48.9 cm³/mol. The number of ether oxygens (including phenoxy) is 1. The summed E-state index contributed by atoms with van der Waals surface area (Å²) in [5.74, 6) is 0. The highest BCUT2D eigenvalue weighted by atomic mass is 16.5. The molecule has 1 N–H and O–H groups in total. The molecule has 0 saturated carbocycles. The van der Waals surface area contributed by atoms with Gasteiger partial charge in [0.05, 0.1) is 6.61 Å². The van der Waals surface area contributed by atoms with E-state index in [4.69, 9.17) is 4.74 Å². The van der Waals surface area contributed by atoms with E-state index >= 15 is 0 Å². The molecular weight excluding hydrogens is 138 g/mol. The Bertz CT molecular complexity index is 70.0. The van der Waals surface area contributed by atoms with Crippen molar-refractivity contribution in [2.24, 2.45) is 0 Å². The van der Waals surface area contributed by atoms with Crippen LogP contribution in [-0.4, -0.2) is 26.3 Å². The fraction of sp³-hybridized carbons (Fsp3) is 1.00. The number of unbranched alkanes of at least 4 members (excludes halogenated alkanes) is 1. The van der Waals surface area contributed by atoms with Gasteiger partial charge in [-0.2, -0.15) is 0 Å². The van der Waals surface area contributed by atoms with Gasteiger partial charge in [-0.05, 0) is 13.0 Å². The number of hydrogen-bond acceptors (Lipinski definition) is 2. The van der Waals surface area contributed by atoms with Crippen molar-refractivity contribution in [2.45, 2.75) is 39.2 Å². The van der Waals surface area contributed by atoms with Crippen molar-refractivity contribution in [3.05, 3.63) is 0 Å². The lowest BCUT2D eigenvalue weighted by atomic mass is 10.1. The van der Waals surface area contributed by atoms with Crippen LogP contribution in [0, 0.1) is 0 Å². The highest BCUT2D eigenvalue weighted by molar-refractivity contribution is 4.64. The largest absolute Gasteiger partial charge is 0.383 e. The summed E-state index contributed by atoms with van der Waals surface area (Å²) in [4.78, 5) is 0. The van der Waals surface area contributed by atoms with Crippen LogP contribution in [0.4, 0.5) is 0 Å². The Kier molecular flexibility index (Phi) is 7.96.